The van der Waals surface area contributed by atoms with Crippen LogP contribution in [0.25, 0.3) is 0 Å². The first-order valence-electron chi connectivity index (χ1n) is 5.45. The minimum absolute atomic E-state index is 0.0535. The van der Waals surface area contributed by atoms with E-state index in [1.54, 1.807) is 7.05 Å². The Labute approximate surface area is 130 Å². The van der Waals surface area contributed by atoms with Gasteiger partial charge in [-0.3, -0.25) is 9.40 Å². The standard InChI is InChI=1S/C11H9Cl2N3O4S/c1-16-9(2-3-14-16)15-21(19,20)8-5-6(12)4-7(10(8)13)11(17)18/h2-5,15H,1H3,(H,17,18). The van der Waals surface area contributed by atoms with E-state index in [-0.39, 0.29) is 10.8 Å². The van der Waals surface area contributed by atoms with Crippen molar-refractivity contribution in [3.05, 3.63) is 40.0 Å². The van der Waals surface area contributed by atoms with Crippen molar-refractivity contribution >= 4 is 45.0 Å². The van der Waals surface area contributed by atoms with Crippen LogP contribution in [0.1, 0.15) is 10.4 Å². The number of sulfonamides is 1. The van der Waals surface area contributed by atoms with Gasteiger partial charge in [0, 0.05) is 18.1 Å². The van der Waals surface area contributed by atoms with Gasteiger partial charge < -0.3 is 5.11 Å². The van der Waals surface area contributed by atoms with Crippen LogP contribution in [0.15, 0.2) is 29.3 Å². The molecular weight excluding hydrogens is 341 g/mol. The highest BCUT2D eigenvalue weighted by Crippen LogP contribution is 2.30. The number of rotatable bonds is 4. The summed E-state index contributed by atoms with van der Waals surface area (Å²) >= 11 is 11.6. The van der Waals surface area contributed by atoms with Gasteiger partial charge in [-0.25, -0.2) is 13.2 Å². The van der Waals surface area contributed by atoms with Gasteiger partial charge in [0.2, 0.25) is 0 Å². The van der Waals surface area contributed by atoms with Crippen molar-refractivity contribution in [2.45, 2.75) is 4.90 Å². The summed E-state index contributed by atoms with van der Waals surface area (Å²) in [7, 11) is -2.56. The highest BCUT2D eigenvalue weighted by Gasteiger charge is 2.24. The first kappa shape index (κ1) is 15.6. The van der Waals surface area contributed by atoms with Crippen LogP contribution in [0.4, 0.5) is 5.82 Å². The fourth-order valence-corrected chi connectivity index (χ4v) is 3.57. The zero-order valence-electron chi connectivity index (χ0n) is 10.5. The van der Waals surface area contributed by atoms with Crippen LogP contribution in [0.5, 0.6) is 0 Å². The molecule has 1 aromatic carbocycles. The van der Waals surface area contributed by atoms with Gasteiger partial charge in [-0.1, -0.05) is 23.2 Å². The molecule has 7 nitrogen and oxygen atoms in total. The third-order valence-electron chi connectivity index (χ3n) is 2.58. The Hall–Kier alpha value is -1.77. The summed E-state index contributed by atoms with van der Waals surface area (Å²) in [5.74, 6) is -1.18. The van der Waals surface area contributed by atoms with E-state index >= 15 is 0 Å². The number of anilines is 1. The SMILES string of the molecule is Cn1nccc1NS(=O)(=O)c1cc(Cl)cc(C(=O)O)c1Cl. The maximum absolute atomic E-state index is 12.3. The number of carboxylic acids is 1. The first-order valence-corrected chi connectivity index (χ1v) is 7.69. The monoisotopic (exact) mass is 349 g/mol. The molecule has 0 bridgehead atoms. The van der Waals surface area contributed by atoms with Gasteiger partial charge in [0.15, 0.2) is 0 Å². The van der Waals surface area contributed by atoms with E-state index in [4.69, 9.17) is 28.3 Å². The lowest BCUT2D eigenvalue weighted by atomic mass is 10.2. The smallest absolute Gasteiger partial charge is 0.337 e. The minimum Gasteiger partial charge on any atom is -0.478 e. The van der Waals surface area contributed by atoms with Crippen LogP contribution in [0.2, 0.25) is 10.0 Å². The summed E-state index contributed by atoms with van der Waals surface area (Å²) in [6.45, 7) is 0. The predicted octanol–water partition coefficient (Wildman–Crippen LogP) is 2.23. The Morgan fingerprint density at radius 1 is 1.38 bits per heavy atom. The molecule has 2 rings (SSSR count). The normalized spacial score (nSPS) is 11.4. The molecule has 1 heterocycles. The van der Waals surface area contributed by atoms with Gasteiger partial charge >= 0.3 is 5.97 Å². The highest BCUT2D eigenvalue weighted by atomic mass is 35.5. The molecule has 0 atom stereocenters. The summed E-state index contributed by atoms with van der Waals surface area (Å²) in [5, 5.41) is 12.4. The largest absolute Gasteiger partial charge is 0.478 e. The molecule has 0 aliphatic rings. The molecule has 21 heavy (non-hydrogen) atoms. The molecule has 0 amide bonds. The molecular formula is C11H9Cl2N3O4S. The quantitative estimate of drug-likeness (QED) is 0.881. The zero-order chi connectivity index (χ0) is 15.8. The molecule has 2 N–H and O–H groups in total. The van der Waals surface area contributed by atoms with Crippen molar-refractivity contribution < 1.29 is 18.3 Å². The molecule has 0 aliphatic carbocycles. The van der Waals surface area contributed by atoms with E-state index in [9.17, 15) is 13.2 Å². The minimum atomic E-state index is -4.11. The number of aromatic carboxylic acids is 1. The maximum Gasteiger partial charge on any atom is 0.337 e. The van der Waals surface area contributed by atoms with Gasteiger partial charge in [-0.15, -0.1) is 0 Å². The van der Waals surface area contributed by atoms with E-state index < -0.39 is 31.5 Å². The van der Waals surface area contributed by atoms with Crippen molar-refractivity contribution in [3.63, 3.8) is 0 Å². The topological polar surface area (TPSA) is 101 Å². The van der Waals surface area contributed by atoms with Gasteiger partial charge in [0.25, 0.3) is 10.0 Å². The van der Waals surface area contributed by atoms with Crippen LogP contribution >= 0.6 is 23.2 Å². The molecule has 0 fully saturated rings. The third kappa shape index (κ3) is 3.12. The Kier molecular flexibility index (Phi) is 4.13. The van der Waals surface area contributed by atoms with E-state index in [2.05, 4.69) is 9.82 Å². The Bertz CT molecular complexity index is 817. The lowest BCUT2D eigenvalue weighted by Gasteiger charge is -2.11. The zero-order valence-corrected chi connectivity index (χ0v) is 12.9. The van der Waals surface area contributed by atoms with E-state index in [0.717, 1.165) is 12.1 Å². The van der Waals surface area contributed by atoms with E-state index in [1.165, 1.54) is 16.9 Å². The summed E-state index contributed by atoms with van der Waals surface area (Å²) in [4.78, 5) is 10.6. The van der Waals surface area contributed by atoms with Gasteiger partial charge in [-0.05, 0) is 12.1 Å². The van der Waals surface area contributed by atoms with Crippen LogP contribution in [0, 0.1) is 0 Å². The number of nitrogens with zero attached hydrogens (tertiary/aromatic N) is 2. The average Bonchev–Trinajstić information content (AvgIpc) is 2.76. The fourth-order valence-electron chi connectivity index (χ4n) is 1.58. The Morgan fingerprint density at radius 2 is 2.05 bits per heavy atom. The number of halogens is 2. The Balaban J connectivity index is 2.55. The number of aromatic nitrogens is 2. The van der Waals surface area contributed by atoms with E-state index in [1.807, 2.05) is 0 Å². The number of carboxylic acid groups (broad SMARTS) is 1. The molecule has 0 saturated heterocycles. The van der Waals surface area contributed by atoms with Crippen molar-refractivity contribution in [1.82, 2.24) is 9.78 Å². The second kappa shape index (κ2) is 5.55. The van der Waals surface area contributed by atoms with Crippen LogP contribution in [0.3, 0.4) is 0 Å². The van der Waals surface area contributed by atoms with Gasteiger partial charge in [-0.2, -0.15) is 5.10 Å². The molecule has 0 saturated carbocycles. The summed E-state index contributed by atoms with van der Waals surface area (Å²) < 4.78 is 28.2. The first-order chi connectivity index (χ1) is 9.72. The highest BCUT2D eigenvalue weighted by molar-refractivity contribution is 7.92. The lowest BCUT2D eigenvalue weighted by molar-refractivity contribution is 0.0697. The van der Waals surface area contributed by atoms with Crippen LogP contribution in [-0.4, -0.2) is 29.3 Å². The molecule has 10 heteroatoms. The predicted molar refractivity (Wildman–Crippen MR) is 77.4 cm³/mol. The number of nitrogens with one attached hydrogen (secondary N) is 1. The Morgan fingerprint density at radius 3 is 2.57 bits per heavy atom. The van der Waals surface area contributed by atoms with E-state index in [0.29, 0.717) is 0 Å². The second-order valence-corrected chi connectivity index (χ2v) is 6.48. The summed E-state index contributed by atoms with van der Waals surface area (Å²) in [6, 6.07) is 3.60. The molecule has 0 spiro atoms. The molecule has 1 aromatic heterocycles. The molecule has 112 valence electrons. The van der Waals surface area contributed by atoms with Crippen LogP contribution < -0.4 is 4.72 Å². The summed E-state index contributed by atoms with van der Waals surface area (Å²) in [6.07, 6.45) is 1.40. The van der Waals surface area contributed by atoms with Gasteiger partial charge in [0.1, 0.15) is 10.7 Å². The number of hydrogen-bond acceptors (Lipinski definition) is 4. The number of carbonyl (C=O) groups is 1. The van der Waals surface area contributed by atoms with Crippen molar-refractivity contribution in [3.8, 4) is 0 Å². The van der Waals surface area contributed by atoms with Crippen LogP contribution in [-0.2, 0) is 17.1 Å². The average molecular weight is 350 g/mol. The molecule has 2 aromatic rings. The number of aryl methyl sites for hydroxylation is 1. The van der Waals surface area contributed by atoms with Crippen molar-refractivity contribution in [2.75, 3.05) is 4.72 Å². The number of hydrogen-bond donors (Lipinski definition) is 2. The number of benzene rings is 1. The summed E-state index contributed by atoms with van der Waals surface area (Å²) in [5.41, 5.74) is -0.394. The molecule has 0 unspecified atom stereocenters. The van der Waals surface area contributed by atoms with Gasteiger partial charge in [0.05, 0.1) is 16.8 Å². The second-order valence-electron chi connectivity index (χ2n) is 4.02. The molecule has 0 aliphatic heterocycles. The maximum atomic E-state index is 12.3. The van der Waals surface area contributed by atoms with Crippen molar-refractivity contribution in [2.24, 2.45) is 7.05 Å². The lowest BCUT2D eigenvalue weighted by Crippen LogP contribution is -2.17. The molecule has 0 radical (unpaired) electrons. The third-order valence-corrected chi connectivity index (χ3v) is 4.70. The van der Waals surface area contributed by atoms with Crippen molar-refractivity contribution in [1.29, 1.82) is 0 Å². The fraction of sp³-hybridized carbons (Fsp3) is 0.0909.